The predicted octanol–water partition coefficient (Wildman–Crippen LogP) is 5.27. The molecule has 0 spiro atoms. The molecule has 2 aromatic carbocycles. The first-order valence-electron chi connectivity index (χ1n) is 14.3. The van der Waals surface area contributed by atoms with Gasteiger partial charge in [-0.3, -0.25) is 19.6 Å². The minimum absolute atomic E-state index is 0.0319. The number of thioether (sulfide) groups is 1. The summed E-state index contributed by atoms with van der Waals surface area (Å²) in [5.74, 6) is 0.822. The fraction of sp³-hybridized carbons (Fsp3) is 0.387. The highest BCUT2D eigenvalue weighted by molar-refractivity contribution is 7.98. The number of rotatable bonds is 8. The van der Waals surface area contributed by atoms with Crippen LogP contribution in [0.1, 0.15) is 35.7 Å². The molecule has 0 aliphatic carbocycles. The van der Waals surface area contributed by atoms with Crippen molar-refractivity contribution in [2.45, 2.75) is 24.2 Å². The second-order valence-corrected chi connectivity index (χ2v) is 12.3. The Morgan fingerprint density at radius 1 is 0.977 bits per heavy atom. The Kier molecular flexibility index (Phi) is 10.3. The van der Waals surface area contributed by atoms with Crippen LogP contribution < -0.4 is 4.74 Å². The number of amides is 3. The summed E-state index contributed by atoms with van der Waals surface area (Å²) < 4.78 is 5.97. The van der Waals surface area contributed by atoms with Crippen molar-refractivity contribution in [2.75, 3.05) is 59.7 Å². The first-order chi connectivity index (χ1) is 21.2. The van der Waals surface area contributed by atoms with E-state index in [2.05, 4.69) is 14.9 Å². The summed E-state index contributed by atoms with van der Waals surface area (Å²) in [6.07, 6.45) is 3.57. The first-order valence-corrected chi connectivity index (χ1v) is 16.3. The molecule has 0 saturated carbocycles. The van der Waals surface area contributed by atoms with E-state index in [9.17, 15) is 9.59 Å². The zero-order valence-electron chi connectivity index (χ0n) is 25.1. The van der Waals surface area contributed by atoms with Crippen LogP contribution in [-0.2, 0) is 4.79 Å². The summed E-state index contributed by atoms with van der Waals surface area (Å²) in [7, 11) is 3.49. The van der Waals surface area contributed by atoms with Crippen molar-refractivity contribution in [3.05, 3.63) is 81.5 Å². The van der Waals surface area contributed by atoms with E-state index in [1.807, 2.05) is 66.6 Å². The number of carbonyl (C=O) groups excluding carboxylic acids is 2. The third-order valence-corrected chi connectivity index (χ3v) is 8.70. The van der Waals surface area contributed by atoms with Gasteiger partial charge in [-0.1, -0.05) is 59.2 Å². The molecular formula is C31H35Cl2N7O3S. The number of ether oxygens (including phenoxy) is 1. The van der Waals surface area contributed by atoms with Gasteiger partial charge in [-0.2, -0.15) is 4.98 Å². The van der Waals surface area contributed by atoms with Crippen LogP contribution in [0.2, 0.25) is 10.0 Å². The SMILES string of the molecule is CCOc1nc(SC)ncc1C1=N[C@@H](c2ccc(Cl)cc2)[C@@H](c2ccc(Cl)cc2)N1C(=O)N1CCN(CC(=O)N(C)C)CC1. The molecule has 44 heavy (non-hydrogen) atoms. The number of carbonyl (C=O) groups is 2. The summed E-state index contributed by atoms with van der Waals surface area (Å²) in [6.45, 7) is 4.66. The molecule has 0 bridgehead atoms. The quantitative estimate of drug-likeness (QED) is 0.241. The van der Waals surface area contributed by atoms with Gasteiger partial charge in [0.25, 0.3) is 0 Å². The summed E-state index contributed by atoms with van der Waals surface area (Å²) in [4.78, 5) is 48.5. The molecule has 13 heteroatoms. The number of aliphatic imine (C=N–C) groups is 1. The van der Waals surface area contributed by atoms with Crippen molar-refractivity contribution in [2.24, 2.45) is 4.99 Å². The Balaban J connectivity index is 1.58. The lowest BCUT2D eigenvalue weighted by atomic mass is 9.94. The van der Waals surface area contributed by atoms with Crippen molar-refractivity contribution in [3.63, 3.8) is 0 Å². The van der Waals surface area contributed by atoms with Crippen LogP contribution in [0.4, 0.5) is 4.79 Å². The molecule has 0 unspecified atom stereocenters. The molecule has 2 atom stereocenters. The lowest BCUT2D eigenvalue weighted by molar-refractivity contribution is -0.130. The lowest BCUT2D eigenvalue weighted by Gasteiger charge is -2.39. The topological polar surface area (TPSA) is 94.5 Å². The number of likely N-dealkylation sites (N-methyl/N-ethyl adjacent to an activating group) is 1. The van der Waals surface area contributed by atoms with Crippen LogP contribution in [0, 0.1) is 0 Å². The molecule has 0 radical (unpaired) electrons. The number of aromatic nitrogens is 2. The molecule has 0 N–H and O–H groups in total. The molecule has 1 aromatic heterocycles. The molecule has 3 heterocycles. The zero-order valence-corrected chi connectivity index (χ0v) is 27.4. The molecule has 5 rings (SSSR count). The highest BCUT2D eigenvalue weighted by Gasteiger charge is 2.45. The number of halogens is 2. The van der Waals surface area contributed by atoms with Crippen molar-refractivity contribution in [3.8, 4) is 5.88 Å². The normalized spacial score (nSPS) is 18.7. The van der Waals surface area contributed by atoms with E-state index in [1.165, 1.54) is 11.8 Å². The van der Waals surface area contributed by atoms with Crippen LogP contribution in [0.15, 0.2) is 64.9 Å². The molecule has 10 nitrogen and oxygen atoms in total. The second kappa shape index (κ2) is 14.2. The Bertz CT molecular complexity index is 1510. The van der Waals surface area contributed by atoms with Crippen LogP contribution in [0.25, 0.3) is 0 Å². The molecule has 1 saturated heterocycles. The van der Waals surface area contributed by atoms with Crippen LogP contribution in [0.5, 0.6) is 5.88 Å². The summed E-state index contributed by atoms with van der Waals surface area (Å²) in [6, 6.07) is 13.8. The number of urea groups is 1. The molecule has 232 valence electrons. The smallest absolute Gasteiger partial charge is 0.326 e. The van der Waals surface area contributed by atoms with Gasteiger partial charge < -0.3 is 14.5 Å². The van der Waals surface area contributed by atoms with Crippen LogP contribution >= 0.6 is 35.0 Å². The standard InChI is InChI=1S/C31H35Cl2N7O3S/c1-5-43-29-24(18-34-30(36-29)44-4)28-35-26(20-6-10-22(32)11-7-20)27(21-8-12-23(33)13-9-21)40(28)31(42)39-16-14-38(15-17-39)19-25(41)37(2)3/h6-13,18,26-27H,5,14-17,19H2,1-4H3/t26-,27+/m0/s1. The van der Waals surface area contributed by atoms with Gasteiger partial charge in [0.1, 0.15) is 11.9 Å². The highest BCUT2D eigenvalue weighted by Crippen LogP contribution is 2.45. The fourth-order valence-electron chi connectivity index (χ4n) is 5.29. The van der Waals surface area contributed by atoms with Gasteiger partial charge in [-0.25, -0.2) is 9.78 Å². The summed E-state index contributed by atoms with van der Waals surface area (Å²) in [5, 5.41) is 1.76. The monoisotopic (exact) mass is 655 g/mol. The van der Waals surface area contributed by atoms with E-state index in [0.29, 0.717) is 71.8 Å². The van der Waals surface area contributed by atoms with Crippen LogP contribution in [0.3, 0.4) is 0 Å². The van der Waals surface area contributed by atoms with Gasteiger partial charge in [-0.05, 0) is 48.6 Å². The maximum Gasteiger partial charge on any atom is 0.326 e. The Labute approximate surface area is 272 Å². The minimum Gasteiger partial charge on any atom is -0.477 e. The van der Waals surface area contributed by atoms with E-state index >= 15 is 0 Å². The fourth-order valence-corrected chi connectivity index (χ4v) is 5.87. The maximum atomic E-state index is 14.6. The van der Waals surface area contributed by atoms with Crippen molar-refractivity contribution >= 4 is 52.7 Å². The number of hydrogen-bond donors (Lipinski definition) is 0. The Morgan fingerprint density at radius 3 is 2.16 bits per heavy atom. The first kappa shape index (κ1) is 32.0. The largest absolute Gasteiger partial charge is 0.477 e. The molecule has 2 aliphatic rings. The van der Waals surface area contributed by atoms with E-state index < -0.39 is 12.1 Å². The molecule has 1 fully saturated rings. The number of piperazine rings is 1. The van der Waals surface area contributed by atoms with Gasteiger partial charge in [0.2, 0.25) is 11.8 Å². The van der Waals surface area contributed by atoms with Gasteiger partial charge in [0.05, 0.1) is 24.8 Å². The van der Waals surface area contributed by atoms with Gasteiger partial charge in [-0.15, -0.1) is 0 Å². The van der Waals surface area contributed by atoms with E-state index in [-0.39, 0.29) is 11.9 Å². The zero-order chi connectivity index (χ0) is 31.4. The average molecular weight is 657 g/mol. The number of hydrogen-bond acceptors (Lipinski definition) is 8. The molecular weight excluding hydrogens is 621 g/mol. The Hall–Kier alpha value is -3.38. The molecule has 2 aliphatic heterocycles. The third-order valence-electron chi connectivity index (χ3n) is 7.63. The molecule has 3 amide bonds. The predicted molar refractivity (Wildman–Crippen MR) is 174 cm³/mol. The van der Waals surface area contributed by atoms with Crippen molar-refractivity contribution < 1.29 is 14.3 Å². The highest BCUT2D eigenvalue weighted by atomic mass is 35.5. The van der Waals surface area contributed by atoms with Crippen molar-refractivity contribution in [1.29, 1.82) is 0 Å². The number of amidine groups is 1. The lowest BCUT2D eigenvalue weighted by Crippen LogP contribution is -2.55. The Morgan fingerprint density at radius 2 is 1.59 bits per heavy atom. The summed E-state index contributed by atoms with van der Waals surface area (Å²) >= 11 is 13.9. The van der Waals surface area contributed by atoms with E-state index in [0.717, 1.165) is 11.1 Å². The average Bonchev–Trinajstić information content (AvgIpc) is 3.42. The van der Waals surface area contributed by atoms with Gasteiger partial charge >= 0.3 is 6.03 Å². The number of benzene rings is 2. The number of nitrogens with zero attached hydrogens (tertiary/aromatic N) is 7. The molecule has 3 aromatic rings. The minimum atomic E-state index is -0.501. The van der Waals surface area contributed by atoms with Gasteiger partial charge in [0, 0.05) is 56.5 Å². The summed E-state index contributed by atoms with van der Waals surface area (Å²) in [5.41, 5.74) is 2.30. The third kappa shape index (κ3) is 6.96. The second-order valence-electron chi connectivity index (χ2n) is 10.7. The van der Waals surface area contributed by atoms with Gasteiger partial charge in [0.15, 0.2) is 5.16 Å². The van der Waals surface area contributed by atoms with Crippen molar-refractivity contribution in [1.82, 2.24) is 29.6 Å². The van der Waals surface area contributed by atoms with E-state index in [1.54, 1.807) is 30.1 Å². The van der Waals surface area contributed by atoms with E-state index in [4.69, 9.17) is 32.9 Å². The van der Waals surface area contributed by atoms with Crippen LogP contribution in [-0.4, -0.2) is 107 Å². The maximum absolute atomic E-state index is 14.6.